The summed E-state index contributed by atoms with van der Waals surface area (Å²) in [5.74, 6) is -2.22. The first-order valence-corrected chi connectivity index (χ1v) is 6.02. The molecule has 20 heavy (non-hydrogen) atoms. The third-order valence-corrected chi connectivity index (χ3v) is 3.05. The van der Waals surface area contributed by atoms with Gasteiger partial charge in [0.25, 0.3) is 0 Å². The normalized spacial score (nSPS) is 12.2. The van der Waals surface area contributed by atoms with Crippen molar-refractivity contribution in [2.75, 3.05) is 14.2 Å². The number of ether oxygens (including phenoxy) is 1. The molecule has 0 aromatic heterocycles. The van der Waals surface area contributed by atoms with Crippen molar-refractivity contribution in [1.82, 2.24) is 5.32 Å². The molecule has 0 fully saturated rings. The molecule has 0 spiro atoms. The van der Waals surface area contributed by atoms with E-state index >= 15 is 0 Å². The molecule has 0 saturated heterocycles. The highest BCUT2D eigenvalue weighted by Crippen LogP contribution is 2.29. The van der Waals surface area contributed by atoms with Gasteiger partial charge in [-0.25, -0.2) is 13.2 Å². The number of hydrogen-bond acceptors (Lipinski definition) is 2. The third kappa shape index (κ3) is 2.77. The van der Waals surface area contributed by atoms with E-state index in [-0.39, 0.29) is 5.56 Å². The van der Waals surface area contributed by atoms with Gasteiger partial charge in [-0.3, -0.25) is 0 Å². The van der Waals surface area contributed by atoms with Gasteiger partial charge in [-0.05, 0) is 24.7 Å². The summed E-state index contributed by atoms with van der Waals surface area (Å²) in [6, 6.07) is 7.44. The zero-order chi connectivity index (χ0) is 14.7. The summed E-state index contributed by atoms with van der Waals surface area (Å²) in [4.78, 5) is 0. The lowest BCUT2D eigenvalue weighted by Gasteiger charge is -2.19. The van der Waals surface area contributed by atoms with Crippen LogP contribution in [0.5, 0.6) is 5.75 Å². The van der Waals surface area contributed by atoms with Crippen LogP contribution in [0, 0.1) is 17.5 Å². The topological polar surface area (TPSA) is 21.3 Å². The van der Waals surface area contributed by atoms with Gasteiger partial charge in [0, 0.05) is 17.7 Å². The molecule has 2 nitrogen and oxygen atoms in total. The van der Waals surface area contributed by atoms with Crippen LogP contribution in [0.25, 0.3) is 0 Å². The van der Waals surface area contributed by atoms with Crippen LogP contribution >= 0.6 is 0 Å². The SMILES string of the molecule is CNC(c1cccc(OC)c1)c1c(F)cc(F)cc1F. The van der Waals surface area contributed by atoms with Crippen molar-refractivity contribution in [3.05, 3.63) is 65.0 Å². The molecular weight excluding hydrogens is 267 g/mol. The molecular formula is C15H14F3NO. The smallest absolute Gasteiger partial charge is 0.134 e. The van der Waals surface area contributed by atoms with E-state index in [1.165, 1.54) is 7.11 Å². The average Bonchev–Trinajstić information content (AvgIpc) is 2.42. The summed E-state index contributed by atoms with van der Waals surface area (Å²) in [6.45, 7) is 0. The van der Waals surface area contributed by atoms with Gasteiger partial charge < -0.3 is 10.1 Å². The summed E-state index contributed by atoms with van der Waals surface area (Å²) in [7, 11) is 3.08. The number of methoxy groups -OCH3 is 1. The largest absolute Gasteiger partial charge is 0.497 e. The molecule has 2 rings (SSSR count). The van der Waals surface area contributed by atoms with Gasteiger partial charge in [-0.15, -0.1) is 0 Å². The van der Waals surface area contributed by atoms with Crippen molar-refractivity contribution in [1.29, 1.82) is 0 Å². The van der Waals surface area contributed by atoms with Gasteiger partial charge in [-0.2, -0.15) is 0 Å². The second-order valence-corrected chi connectivity index (χ2v) is 4.28. The van der Waals surface area contributed by atoms with Crippen LogP contribution in [-0.4, -0.2) is 14.2 Å². The lowest BCUT2D eigenvalue weighted by molar-refractivity contribution is 0.413. The molecule has 2 aromatic carbocycles. The first-order chi connectivity index (χ1) is 9.56. The van der Waals surface area contributed by atoms with Crippen LogP contribution in [0.4, 0.5) is 13.2 Å². The van der Waals surface area contributed by atoms with E-state index in [0.29, 0.717) is 23.4 Å². The number of rotatable bonds is 4. The Kier molecular flexibility index (Phi) is 4.29. The maximum Gasteiger partial charge on any atom is 0.134 e. The summed E-state index contributed by atoms with van der Waals surface area (Å²) in [5, 5.41) is 2.83. The molecule has 0 radical (unpaired) electrons. The summed E-state index contributed by atoms with van der Waals surface area (Å²) >= 11 is 0. The van der Waals surface area contributed by atoms with Gasteiger partial charge in [0.15, 0.2) is 0 Å². The number of nitrogens with one attached hydrogen (secondary N) is 1. The summed E-state index contributed by atoms with van der Waals surface area (Å²) in [6.07, 6.45) is 0. The van der Waals surface area contributed by atoms with Crippen molar-refractivity contribution in [3.8, 4) is 5.75 Å². The van der Waals surface area contributed by atoms with Crippen molar-refractivity contribution < 1.29 is 17.9 Å². The molecule has 0 aliphatic rings. The summed E-state index contributed by atoms with van der Waals surface area (Å²) < 4.78 is 45.8. The van der Waals surface area contributed by atoms with E-state index < -0.39 is 23.5 Å². The van der Waals surface area contributed by atoms with Crippen LogP contribution in [0.3, 0.4) is 0 Å². The van der Waals surface area contributed by atoms with E-state index in [1.54, 1.807) is 31.3 Å². The quantitative estimate of drug-likeness (QED) is 0.927. The number of halogens is 3. The van der Waals surface area contributed by atoms with Crippen LogP contribution in [0.1, 0.15) is 17.2 Å². The fraction of sp³-hybridized carbons (Fsp3) is 0.200. The van der Waals surface area contributed by atoms with Gasteiger partial charge in [0.2, 0.25) is 0 Å². The fourth-order valence-corrected chi connectivity index (χ4v) is 2.13. The number of hydrogen-bond donors (Lipinski definition) is 1. The van der Waals surface area contributed by atoms with Crippen molar-refractivity contribution in [3.63, 3.8) is 0 Å². The van der Waals surface area contributed by atoms with E-state index in [4.69, 9.17) is 4.74 Å². The van der Waals surface area contributed by atoms with Crippen LogP contribution in [-0.2, 0) is 0 Å². The Labute approximate surface area is 115 Å². The Morgan fingerprint density at radius 3 is 2.25 bits per heavy atom. The van der Waals surface area contributed by atoms with Crippen LogP contribution in [0.2, 0.25) is 0 Å². The predicted molar refractivity (Wildman–Crippen MR) is 70.2 cm³/mol. The predicted octanol–water partition coefficient (Wildman–Crippen LogP) is 3.42. The van der Waals surface area contributed by atoms with Gasteiger partial charge in [-0.1, -0.05) is 12.1 Å². The Morgan fingerprint density at radius 1 is 1.05 bits per heavy atom. The van der Waals surface area contributed by atoms with Gasteiger partial charge in [0.05, 0.1) is 13.2 Å². The first kappa shape index (κ1) is 14.4. The highest BCUT2D eigenvalue weighted by Gasteiger charge is 2.22. The molecule has 0 bridgehead atoms. The van der Waals surface area contributed by atoms with Gasteiger partial charge in [0.1, 0.15) is 23.2 Å². The minimum absolute atomic E-state index is 0.220. The van der Waals surface area contributed by atoms with E-state index in [0.717, 1.165) is 0 Å². The standard InChI is InChI=1S/C15H14F3NO/c1-19-15(9-4-3-5-11(6-9)20-2)14-12(17)7-10(16)8-13(14)18/h3-8,15,19H,1-2H3. The van der Waals surface area contributed by atoms with E-state index in [2.05, 4.69) is 5.32 Å². The zero-order valence-corrected chi connectivity index (χ0v) is 11.1. The minimum atomic E-state index is -0.941. The van der Waals surface area contributed by atoms with Crippen molar-refractivity contribution in [2.24, 2.45) is 0 Å². The minimum Gasteiger partial charge on any atom is -0.497 e. The Bertz CT molecular complexity index is 593. The molecule has 0 aliphatic carbocycles. The highest BCUT2D eigenvalue weighted by molar-refractivity contribution is 5.38. The summed E-state index contributed by atoms with van der Waals surface area (Å²) in [5.41, 5.74) is 0.401. The third-order valence-electron chi connectivity index (χ3n) is 3.05. The van der Waals surface area contributed by atoms with E-state index in [9.17, 15) is 13.2 Å². The van der Waals surface area contributed by atoms with Gasteiger partial charge >= 0.3 is 0 Å². The maximum atomic E-state index is 13.9. The highest BCUT2D eigenvalue weighted by atomic mass is 19.1. The molecule has 106 valence electrons. The van der Waals surface area contributed by atoms with E-state index in [1.807, 2.05) is 0 Å². The van der Waals surface area contributed by atoms with Crippen molar-refractivity contribution >= 4 is 0 Å². The molecule has 2 aromatic rings. The number of benzene rings is 2. The molecule has 1 atom stereocenters. The average molecular weight is 281 g/mol. The monoisotopic (exact) mass is 281 g/mol. The molecule has 0 heterocycles. The second kappa shape index (κ2) is 5.96. The molecule has 0 amide bonds. The Hall–Kier alpha value is -2.01. The maximum absolute atomic E-state index is 13.9. The molecule has 5 heteroatoms. The molecule has 0 aliphatic heterocycles. The molecule has 1 N–H and O–H groups in total. The fourth-order valence-electron chi connectivity index (χ4n) is 2.13. The molecule has 0 saturated carbocycles. The Morgan fingerprint density at radius 2 is 1.70 bits per heavy atom. The lowest BCUT2D eigenvalue weighted by Crippen LogP contribution is -2.20. The Balaban J connectivity index is 2.52. The van der Waals surface area contributed by atoms with Crippen LogP contribution < -0.4 is 10.1 Å². The lowest BCUT2D eigenvalue weighted by atomic mass is 9.97. The second-order valence-electron chi connectivity index (χ2n) is 4.28. The van der Waals surface area contributed by atoms with Crippen LogP contribution in [0.15, 0.2) is 36.4 Å². The first-order valence-electron chi connectivity index (χ1n) is 6.02. The van der Waals surface area contributed by atoms with Crippen molar-refractivity contribution in [2.45, 2.75) is 6.04 Å². The zero-order valence-electron chi connectivity index (χ0n) is 11.1. The molecule has 1 unspecified atom stereocenters.